The molecule has 1 saturated heterocycles. The Balaban J connectivity index is 1.59. The van der Waals surface area contributed by atoms with Gasteiger partial charge in [0.25, 0.3) is 0 Å². The summed E-state index contributed by atoms with van der Waals surface area (Å²) in [7, 11) is 1.55. The predicted octanol–water partition coefficient (Wildman–Crippen LogP) is 7.50. The van der Waals surface area contributed by atoms with Crippen molar-refractivity contribution in [1.29, 1.82) is 0 Å². The van der Waals surface area contributed by atoms with Crippen molar-refractivity contribution >= 4 is 18.1 Å². The van der Waals surface area contributed by atoms with E-state index in [0.29, 0.717) is 31.6 Å². The van der Waals surface area contributed by atoms with Crippen molar-refractivity contribution in [3.8, 4) is 17.1 Å². The summed E-state index contributed by atoms with van der Waals surface area (Å²) in [5, 5.41) is 6.49. The van der Waals surface area contributed by atoms with E-state index in [1.54, 1.807) is 65.7 Å². The first-order valence-electron chi connectivity index (χ1n) is 15.2. The average Bonchev–Trinajstić information content (AvgIpc) is 3.64. The lowest BCUT2D eigenvalue weighted by molar-refractivity contribution is -0.138. The number of carbonyl (C=O) groups is 2. The van der Waals surface area contributed by atoms with E-state index in [1.807, 2.05) is 12.1 Å². The van der Waals surface area contributed by atoms with Gasteiger partial charge >= 0.3 is 18.4 Å². The van der Waals surface area contributed by atoms with Crippen LogP contribution in [0.15, 0.2) is 52.0 Å². The molecule has 3 aromatic rings. The molecular weight excluding hydrogens is 619 g/mol. The summed E-state index contributed by atoms with van der Waals surface area (Å²) < 4.78 is 63.9. The monoisotopic (exact) mass is 659 g/mol. The Hall–Kier alpha value is -4.62. The maximum atomic E-state index is 14.2. The van der Waals surface area contributed by atoms with Crippen LogP contribution in [0, 0.1) is 0 Å². The number of benzene rings is 2. The van der Waals surface area contributed by atoms with Gasteiger partial charge in [-0.2, -0.15) is 18.2 Å². The first-order valence-corrected chi connectivity index (χ1v) is 15.2. The normalized spacial score (nSPS) is 15.8. The number of alkyl carbamates (subject to hydrolysis) is 1. The fourth-order valence-electron chi connectivity index (χ4n) is 4.96. The average molecular weight is 660 g/mol. The van der Waals surface area contributed by atoms with Crippen molar-refractivity contribution in [2.45, 2.75) is 90.6 Å². The molecule has 1 atom stereocenters. The third-order valence-corrected chi connectivity index (χ3v) is 6.97. The number of likely N-dealkylation sites (tertiary alicyclic amines) is 1. The van der Waals surface area contributed by atoms with E-state index in [1.165, 1.54) is 12.1 Å². The Morgan fingerprint density at radius 3 is 2.30 bits per heavy atom. The molecule has 47 heavy (non-hydrogen) atoms. The maximum Gasteiger partial charge on any atom is 0.437 e. The lowest BCUT2D eigenvalue weighted by Gasteiger charge is -2.27. The van der Waals surface area contributed by atoms with Crippen LogP contribution in [0.3, 0.4) is 0 Å². The molecule has 1 aromatic heterocycles. The van der Waals surface area contributed by atoms with E-state index in [2.05, 4.69) is 20.4 Å². The summed E-state index contributed by atoms with van der Waals surface area (Å²) in [6.07, 6.45) is -4.74. The van der Waals surface area contributed by atoms with Crippen molar-refractivity contribution < 1.29 is 41.5 Å². The van der Waals surface area contributed by atoms with E-state index in [9.17, 15) is 22.8 Å². The summed E-state index contributed by atoms with van der Waals surface area (Å²) in [6, 6.07) is 10.5. The molecule has 0 radical (unpaired) electrons. The van der Waals surface area contributed by atoms with Crippen molar-refractivity contribution in [3.63, 3.8) is 0 Å². The Labute approximate surface area is 271 Å². The molecule has 1 unspecified atom stereocenters. The third-order valence-electron chi connectivity index (χ3n) is 6.97. The number of alkyl halides is 3. The zero-order valence-corrected chi connectivity index (χ0v) is 27.5. The number of guanidine groups is 1. The first-order chi connectivity index (χ1) is 21.9. The number of aromatic nitrogens is 2. The number of nitrogens with zero attached hydrogens (tertiary/aromatic N) is 4. The fraction of sp³-hybridized carbons (Fsp3) is 0.485. The van der Waals surface area contributed by atoms with Crippen LogP contribution >= 0.6 is 0 Å². The molecule has 2 amide bonds. The standard InChI is InChI=1S/C33H40F3N5O6/c1-31(2,3)45-29(42)38-28(39-30(43)46-32(4,5)6)41-18-8-9-25(41)27-37-26(40-47-27)22-15-14-21(24(19-22)33(34,35)36)13-10-20-11-16-23(44-7)17-12-20/h11-12,14-17,19,25H,8-10,13,18H2,1-7H3,(H,38,39,42,43). The number of hydrogen-bond acceptors (Lipinski definition) is 8. The van der Waals surface area contributed by atoms with Gasteiger partial charge in [0.05, 0.1) is 12.7 Å². The van der Waals surface area contributed by atoms with Crippen LogP contribution < -0.4 is 10.1 Å². The Bertz CT molecular complexity index is 1590. The molecule has 0 bridgehead atoms. The second-order valence-corrected chi connectivity index (χ2v) is 13.1. The molecule has 1 fully saturated rings. The van der Waals surface area contributed by atoms with E-state index in [-0.39, 0.29) is 35.2 Å². The maximum absolute atomic E-state index is 14.2. The van der Waals surface area contributed by atoms with Gasteiger partial charge in [-0.05, 0) is 96.6 Å². The number of hydrogen-bond donors (Lipinski definition) is 1. The Morgan fingerprint density at radius 2 is 1.68 bits per heavy atom. The zero-order chi connectivity index (χ0) is 34.6. The largest absolute Gasteiger partial charge is 0.497 e. The summed E-state index contributed by atoms with van der Waals surface area (Å²) in [6.45, 7) is 10.4. The van der Waals surface area contributed by atoms with Crippen LogP contribution in [-0.4, -0.2) is 58.0 Å². The summed E-state index contributed by atoms with van der Waals surface area (Å²) >= 11 is 0. The quantitative estimate of drug-likeness (QED) is 0.211. The van der Waals surface area contributed by atoms with Gasteiger partial charge in [-0.1, -0.05) is 29.4 Å². The SMILES string of the molecule is COc1ccc(CCc2ccc(-c3noc(C4CCCN4C(=NC(=O)OC(C)(C)C)NC(=O)OC(C)(C)C)n3)cc2C(F)(F)F)cc1. The highest BCUT2D eigenvalue weighted by molar-refractivity contribution is 5.99. The molecule has 2 aromatic carbocycles. The van der Waals surface area contributed by atoms with Crippen LogP contribution in [0.2, 0.25) is 0 Å². The molecular formula is C33H40F3N5O6. The number of methoxy groups -OCH3 is 1. The molecule has 254 valence electrons. The Morgan fingerprint density at radius 1 is 1.00 bits per heavy atom. The molecule has 14 heteroatoms. The number of rotatable bonds is 6. The highest BCUT2D eigenvalue weighted by Gasteiger charge is 2.37. The second kappa shape index (κ2) is 14.0. The molecule has 0 spiro atoms. The zero-order valence-electron chi connectivity index (χ0n) is 27.5. The number of ether oxygens (including phenoxy) is 3. The van der Waals surface area contributed by atoms with Crippen molar-refractivity contribution in [2.24, 2.45) is 4.99 Å². The van der Waals surface area contributed by atoms with Crippen LogP contribution in [0.5, 0.6) is 5.75 Å². The lowest BCUT2D eigenvalue weighted by atomic mass is 9.97. The third kappa shape index (κ3) is 9.93. The Kier molecular flexibility index (Phi) is 10.5. The van der Waals surface area contributed by atoms with E-state index in [4.69, 9.17) is 18.7 Å². The molecule has 1 N–H and O–H groups in total. The van der Waals surface area contributed by atoms with Crippen LogP contribution in [0.1, 0.15) is 83.0 Å². The van der Waals surface area contributed by atoms with Gasteiger partial charge in [-0.15, -0.1) is 4.99 Å². The van der Waals surface area contributed by atoms with Gasteiger partial charge in [-0.25, -0.2) is 9.59 Å². The molecule has 1 aliphatic heterocycles. The molecule has 1 aliphatic rings. The number of carbonyl (C=O) groups excluding carboxylic acids is 2. The van der Waals surface area contributed by atoms with Gasteiger partial charge < -0.3 is 23.6 Å². The topological polar surface area (TPSA) is 128 Å². The van der Waals surface area contributed by atoms with E-state index >= 15 is 0 Å². The van der Waals surface area contributed by atoms with Gasteiger partial charge in [-0.3, -0.25) is 5.32 Å². The second-order valence-electron chi connectivity index (χ2n) is 13.1. The molecule has 4 rings (SSSR count). The molecule has 0 aliphatic carbocycles. The highest BCUT2D eigenvalue weighted by atomic mass is 19.4. The van der Waals surface area contributed by atoms with Crippen molar-refractivity contribution in [2.75, 3.05) is 13.7 Å². The summed E-state index contributed by atoms with van der Waals surface area (Å²) in [4.78, 5) is 35.3. The number of aliphatic imine (C=N–C) groups is 1. The van der Waals surface area contributed by atoms with Crippen LogP contribution in [0.4, 0.5) is 22.8 Å². The number of amides is 2. The fourth-order valence-corrected chi connectivity index (χ4v) is 4.96. The first kappa shape index (κ1) is 35.2. The van der Waals surface area contributed by atoms with Gasteiger partial charge in [0.15, 0.2) is 0 Å². The molecule has 0 saturated carbocycles. The smallest absolute Gasteiger partial charge is 0.437 e. The minimum Gasteiger partial charge on any atom is -0.497 e. The lowest BCUT2D eigenvalue weighted by Crippen LogP contribution is -2.46. The number of nitrogens with one attached hydrogen (secondary N) is 1. The molecule has 11 nitrogen and oxygen atoms in total. The van der Waals surface area contributed by atoms with Gasteiger partial charge in [0, 0.05) is 12.1 Å². The van der Waals surface area contributed by atoms with Crippen LogP contribution in [-0.2, 0) is 28.5 Å². The van der Waals surface area contributed by atoms with Crippen LogP contribution in [0.25, 0.3) is 11.4 Å². The van der Waals surface area contributed by atoms with Gasteiger partial charge in [0.1, 0.15) is 23.0 Å². The van der Waals surface area contributed by atoms with E-state index < -0.39 is 41.2 Å². The minimum absolute atomic E-state index is 0.0372. The van der Waals surface area contributed by atoms with Gasteiger partial charge in [0.2, 0.25) is 17.7 Å². The van der Waals surface area contributed by atoms with Crippen molar-refractivity contribution in [1.82, 2.24) is 20.4 Å². The number of aryl methyl sites for hydroxylation is 2. The van der Waals surface area contributed by atoms with Crippen molar-refractivity contribution in [3.05, 3.63) is 65.0 Å². The molecule has 2 heterocycles. The summed E-state index contributed by atoms with van der Waals surface area (Å²) in [5.74, 6) is 0.568. The minimum atomic E-state index is -4.61. The summed E-state index contributed by atoms with van der Waals surface area (Å²) in [5.41, 5.74) is -1.32. The predicted molar refractivity (Wildman–Crippen MR) is 167 cm³/mol. The highest BCUT2D eigenvalue weighted by Crippen LogP contribution is 2.37. The van der Waals surface area contributed by atoms with E-state index in [0.717, 1.165) is 11.6 Å². The number of halogens is 3.